The molecule has 0 spiro atoms. The van der Waals surface area contributed by atoms with E-state index in [-0.39, 0.29) is 5.84 Å². The fraction of sp³-hybridized carbons (Fsp3) is 0.462. The average Bonchev–Trinajstić information content (AvgIpc) is 2.37. The van der Waals surface area contributed by atoms with Gasteiger partial charge in [0.05, 0.1) is 13.7 Å². The lowest BCUT2D eigenvalue weighted by Crippen LogP contribution is -2.33. The Bertz CT molecular complexity index is 416. The van der Waals surface area contributed by atoms with Crippen LogP contribution in [0.5, 0.6) is 11.5 Å². The van der Waals surface area contributed by atoms with Crippen LogP contribution in [-0.4, -0.2) is 24.8 Å². The van der Waals surface area contributed by atoms with Gasteiger partial charge in [0.25, 0.3) is 0 Å². The van der Waals surface area contributed by atoms with Gasteiger partial charge in [0.1, 0.15) is 17.3 Å². The van der Waals surface area contributed by atoms with Crippen LogP contribution < -0.4 is 15.2 Å². The molecule has 0 aliphatic rings. The molecule has 0 heterocycles. The first-order valence-corrected chi connectivity index (χ1v) is 5.74. The molecule has 0 aliphatic heterocycles. The first kappa shape index (κ1) is 14.2. The van der Waals surface area contributed by atoms with Gasteiger partial charge in [-0.2, -0.15) is 0 Å². The number of hydrogen-bond donors (Lipinski definition) is 2. The lowest BCUT2D eigenvalue weighted by atomic mass is 9.88. The number of rotatable bonds is 6. The summed E-state index contributed by atoms with van der Waals surface area (Å²) in [6, 6.07) is 7.39. The van der Waals surface area contributed by atoms with Crippen molar-refractivity contribution in [1.29, 1.82) is 0 Å². The molecule has 5 heteroatoms. The highest BCUT2D eigenvalue weighted by molar-refractivity contribution is 5.85. The van der Waals surface area contributed by atoms with Gasteiger partial charge in [0.2, 0.25) is 0 Å². The van der Waals surface area contributed by atoms with Crippen molar-refractivity contribution in [3.8, 4) is 11.5 Å². The zero-order valence-electron chi connectivity index (χ0n) is 11.0. The Balaban J connectivity index is 2.51. The van der Waals surface area contributed by atoms with E-state index in [0.717, 1.165) is 11.5 Å². The van der Waals surface area contributed by atoms with Gasteiger partial charge in [0, 0.05) is 11.5 Å². The highest BCUT2D eigenvalue weighted by Gasteiger charge is 2.23. The minimum Gasteiger partial charge on any atom is -0.497 e. The Morgan fingerprint density at radius 3 is 2.67 bits per heavy atom. The summed E-state index contributed by atoms with van der Waals surface area (Å²) >= 11 is 0. The zero-order chi connectivity index (χ0) is 13.6. The van der Waals surface area contributed by atoms with Crippen LogP contribution in [0.4, 0.5) is 0 Å². The molecule has 0 amide bonds. The van der Waals surface area contributed by atoms with Crippen LogP contribution in [0.15, 0.2) is 29.4 Å². The number of amidine groups is 1. The molecular formula is C13H20N2O3. The molecule has 3 N–H and O–H groups in total. The molecule has 0 radical (unpaired) electrons. The van der Waals surface area contributed by atoms with E-state index < -0.39 is 5.41 Å². The van der Waals surface area contributed by atoms with Crippen molar-refractivity contribution in [2.75, 3.05) is 13.7 Å². The largest absolute Gasteiger partial charge is 0.497 e. The molecule has 0 aliphatic carbocycles. The van der Waals surface area contributed by atoms with E-state index in [1.165, 1.54) is 0 Å². The second kappa shape index (κ2) is 6.14. The van der Waals surface area contributed by atoms with Gasteiger partial charge in [-0.1, -0.05) is 25.1 Å². The minimum atomic E-state index is -0.395. The third-order valence-corrected chi connectivity index (χ3v) is 2.84. The summed E-state index contributed by atoms with van der Waals surface area (Å²) in [4.78, 5) is 0. The Hall–Kier alpha value is -1.91. The van der Waals surface area contributed by atoms with Gasteiger partial charge in [-0.05, 0) is 18.6 Å². The van der Waals surface area contributed by atoms with Gasteiger partial charge >= 0.3 is 0 Å². The number of methoxy groups -OCH3 is 1. The Morgan fingerprint density at radius 1 is 1.39 bits per heavy atom. The molecule has 0 atom stereocenters. The fourth-order valence-corrected chi connectivity index (χ4v) is 1.38. The quantitative estimate of drug-likeness (QED) is 0.352. The summed E-state index contributed by atoms with van der Waals surface area (Å²) in [5.41, 5.74) is 5.21. The van der Waals surface area contributed by atoms with Crippen molar-refractivity contribution in [2.24, 2.45) is 16.3 Å². The maximum Gasteiger partial charge on any atom is 0.144 e. The van der Waals surface area contributed by atoms with Crippen molar-refractivity contribution in [1.82, 2.24) is 0 Å². The van der Waals surface area contributed by atoms with E-state index in [1.54, 1.807) is 7.11 Å². The molecule has 18 heavy (non-hydrogen) atoms. The lowest BCUT2D eigenvalue weighted by molar-refractivity contribution is 0.258. The van der Waals surface area contributed by atoms with Crippen LogP contribution in [0.3, 0.4) is 0 Å². The van der Waals surface area contributed by atoms with E-state index in [1.807, 2.05) is 38.1 Å². The van der Waals surface area contributed by atoms with Crippen LogP contribution in [-0.2, 0) is 0 Å². The van der Waals surface area contributed by atoms with Gasteiger partial charge in [-0.15, -0.1) is 0 Å². The van der Waals surface area contributed by atoms with Crippen LogP contribution >= 0.6 is 0 Å². The Labute approximate surface area is 107 Å². The number of oxime groups is 1. The van der Waals surface area contributed by atoms with Crippen molar-refractivity contribution >= 4 is 5.84 Å². The molecule has 0 fully saturated rings. The maximum absolute atomic E-state index is 8.66. The van der Waals surface area contributed by atoms with Gasteiger partial charge in [-0.25, -0.2) is 0 Å². The van der Waals surface area contributed by atoms with Crippen LogP contribution in [0.2, 0.25) is 0 Å². The number of benzene rings is 1. The molecule has 0 aromatic heterocycles. The first-order chi connectivity index (χ1) is 8.49. The normalized spacial score (nSPS) is 12.3. The SMILES string of the molecule is COc1cccc(OCCC(C)(C)C(N)=NO)c1. The molecule has 1 aromatic rings. The molecular weight excluding hydrogens is 232 g/mol. The molecule has 5 nitrogen and oxygen atoms in total. The smallest absolute Gasteiger partial charge is 0.144 e. The topological polar surface area (TPSA) is 77.1 Å². The van der Waals surface area contributed by atoms with E-state index in [0.29, 0.717) is 13.0 Å². The molecule has 0 bridgehead atoms. The molecule has 0 unspecified atom stereocenters. The lowest BCUT2D eigenvalue weighted by Gasteiger charge is -2.22. The predicted octanol–water partition coefficient (Wildman–Crippen LogP) is 2.24. The number of nitrogens with zero attached hydrogens (tertiary/aromatic N) is 1. The molecule has 1 aromatic carbocycles. The monoisotopic (exact) mass is 252 g/mol. The van der Waals surface area contributed by atoms with E-state index in [2.05, 4.69) is 5.16 Å². The van der Waals surface area contributed by atoms with E-state index in [4.69, 9.17) is 20.4 Å². The maximum atomic E-state index is 8.66. The third kappa shape index (κ3) is 3.84. The molecule has 100 valence electrons. The minimum absolute atomic E-state index is 0.205. The highest BCUT2D eigenvalue weighted by Crippen LogP contribution is 2.23. The summed E-state index contributed by atoms with van der Waals surface area (Å²) in [5.74, 6) is 1.70. The van der Waals surface area contributed by atoms with Crippen molar-refractivity contribution in [3.63, 3.8) is 0 Å². The first-order valence-electron chi connectivity index (χ1n) is 5.74. The van der Waals surface area contributed by atoms with E-state index in [9.17, 15) is 0 Å². The third-order valence-electron chi connectivity index (χ3n) is 2.84. The Morgan fingerprint density at radius 2 is 2.06 bits per heavy atom. The fourth-order valence-electron chi connectivity index (χ4n) is 1.38. The standard InChI is InChI=1S/C13H20N2O3/c1-13(2,12(14)15-16)7-8-18-11-6-4-5-10(9-11)17-3/h4-6,9,16H,7-8H2,1-3H3,(H2,14,15). The van der Waals surface area contributed by atoms with Crippen LogP contribution in [0, 0.1) is 5.41 Å². The average molecular weight is 252 g/mol. The summed E-state index contributed by atoms with van der Waals surface area (Å²) in [6.45, 7) is 4.28. The summed E-state index contributed by atoms with van der Waals surface area (Å²) in [6.07, 6.45) is 0.653. The summed E-state index contributed by atoms with van der Waals surface area (Å²) in [5, 5.41) is 11.7. The number of hydrogen-bond acceptors (Lipinski definition) is 4. The van der Waals surface area contributed by atoms with Gasteiger partial charge < -0.3 is 20.4 Å². The van der Waals surface area contributed by atoms with Gasteiger partial charge in [-0.3, -0.25) is 0 Å². The van der Waals surface area contributed by atoms with Crippen LogP contribution in [0.1, 0.15) is 20.3 Å². The second-order valence-electron chi connectivity index (χ2n) is 4.65. The highest BCUT2D eigenvalue weighted by atomic mass is 16.5. The van der Waals surface area contributed by atoms with E-state index >= 15 is 0 Å². The van der Waals surface area contributed by atoms with Crippen molar-refractivity contribution in [2.45, 2.75) is 20.3 Å². The van der Waals surface area contributed by atoms with Crippen molar-refractivity contribution in [3.05, 3.63) is 24.3 Å². The molecule has 0 saturated heterocycles. The number of ether oxygens (including phenoxy) is 2. The number of nitrogens with two attached hydrogens (primary N) is 1. The molecule has 1 rings (SSSR count). The Kier molecular flexibility index (Phi) is 4.83. The zero-order valence-corrected chi connectivity index (χ0v) is 11.0. The summed E-state index contributed by atoms with van der Waals surface area (Å²) in [7, 11) is 1.61. The van der Waals surface area contributed by atoms with Gasteiger partial charge in [0.15, 0.2) is 0 Å². The summed E-state index contributed by atoms with van der Waals surface area (Å²) < 4.78 is 10.7. The second-order valence-corrected chi connectivity index (χ2v) is 4.65. The van der Waals surface area contributed by atoms with Crippen LogP contribution in [0.25, 0.3) is 0 Å². The molecule has 0 saturated carbocycles. The predicted molar refractivity (Wildman–Crippen MR) is 70.3 cm³/mol. The van der Waals surface area contributed by atoms with Crippen molar-refractivity contribution < 1.29 is 14.7 Å².